The lowest BCUT2D eigenvalue weighted by Crippen LogP contribution is -2.16. The molecule has 23 heavy (non-hydrogen) atoms. The molecule has 5 nitrogen and oxygen atoms in total. The molecule has 0 aliphatic rings. The van der Waals surface area contributed by atoms with Crippen LogP contribution in [0.2, 0.25) is 0 Å². The topological polar surface area (TPSA) is 57.0 Å². The summed E-state index contributed by atoms with van der Waals surface area (Å²) in [5.41, 5.74) is 4.15. The average Bonchev–Trinajstić information content (AvgIpc) is 2.95. The van der Waals surface area contributed by atoms with Gasteiger partial charge in [0.25, 0.3) is 0 Å². The standard InChI is InChI=1S/C17H23N3O2S/c1-11-8-13(3)15(9-12(11)2)16(21)14(4)23-17-19-18-10-20(17)6-7-22-5/h8-10,14H,6-7H2,1-5H3/t14-/m0/s1. The fourth-order valence-corrected chi connectivity index (χ4v) is 3.25. The summed E-state index contributed by atoms with van der Waals surface area (Å²) in [6, 6.07) is 4.06. The number of carbonyl (C=O) groups excluding carboxylic acids is 1. The Morgan fingerprint density at radius 3 is 2.65 bits per heavy atom. The number of hydrogen-bond acceptors (Lipinski definition) is 5. The molecule has 1 heterocycles. The number of methoxy groups -OCH3 is 1. The predicted molar refractivity (Wildman–Crippen MR) is 92.2 cm³/mol. The molecule has 0 bridgehead atoms. The van der Waals surface area contributed by atoms with Crippen molar-refractivity contribution in [1.29, 1.82) is 0 Å². The lowest BCUT2D eigenvalue weighted by molar-refractivity contribution is 0.0993. The van der Waals surface area contributed by atoms with E-state index in [9.17, 15) is 4.79 Å². The highest BCUT2D eigenvalue weighted by atomic mass is 32.2. The first-order valence-corrected chi connectivity index (χ1v) is 8.47. The summed E-state index contributed by atoms with van der Waals surface area (Å²) in [6.07, 6.45) is 1.67. The molecule has 1 aromatic carbocycles. The molecule has 0 radical (unpaired) electrons. The van der Waals surface area contributed by atoms with Crippen LogP contribution in [0.25, 0.3) is 0 Å². The van der Waals surface area contributed by atoms with Gasteiger partial charge in [0.15, 0.2) is 10.9 Å². The molecule has 0 aliphatic heterocycles. The number of nitrogens with zero attached hydrogens (tertiary/aromatic N) is 3. The van der Waals surface area contributed by atoms with Gasteiger partial charge in [-0.15, -0.1) is 10.2 Å². The molecular weight excluding hydrogens is 310 g/mol. The molecule has 0 unspecified atom stereocenters. The number of aryl methyl sites for hydroxylation is 3. The van der Waals surface area contributed by atoms with E-state index in [4.69, 9.17) is 4.74 Å². The zero-order valence-electron chi connectivity index (χ0n) is 14.3. The summed E-state index contributed by atoms with van der Waals surface area (Å²) in [5.74, 6) is 0.122. The van der Waals surface area contributed by atoms with E-state index in [0.717, 1.165) is 21.8 Å². The first-order chi connectivity index (χ1) is 10.9. The maximum atomic E-state index is 12.8. The molecular formula is C17H23N3O2S. The summed E-state index contributed by atoms with van der Waals surface area (Å²) < 4.78 is 6.99. The molecule has 0 amide bonds. The van der Waals surface area contributed by atoms with Crippen molar-refractivity contribution in [3.05, 3.63) is 40.7 Å². The van der Waals surface area contributed by atoms with Gasteiger partial charge in [-0.25, -0.2) is 0 Å². The van der Waals surface area contributed by atoms with Crippen LogP contribution in [0, 0.1) is 20.8 Å². The molecule has 0 aliphatic carbocycles. The molecule has 124 valence electrons. The first kappa shape index (κ1) is 17.7. The second-order valence-electron chi connectivity index (χ2n) is 5.68. The maximum absolute atomic E-state index is 12.8. The van der Waals surface area contributed by atoms with Crippen molar-refractivity contribution in [3.63, 3.8) is 0 Å². The minimum Gasteiger partial charge on any atom is -0.383 e. The highest BCUT2D eigenvalue weighted by molar-refractivity contribution is 8.00. The average molecular weight is 333 g/mol. The maximum Gasteiger partial charge on any atom is 0.191 e. The molecule has 0 fully saturated rings. The Morgan fingerprint density at radius 1 is 1.26 bits per heavy atom. The third kappa shape index (κ3) is 4.20. The van der Waals surface area contributed by atoms with Gasteiger partial charge in [-0.05, 0) is 50.5 Å². The van der Waals surface area contributed by atoms with E-state index in [0.29, 0.717) is 13.2 Å². The molecule has 0 spiro atoms. The highest BCUT2D eigenvalue weighted by Gasteiger charge is 2.21. The highest BCUT2D eigenvalue weighted by Crippen LogP contribution is 2.26. The van der Waals surface area contributed by atoms with Gasteiger partial charge >= 0.3 is 0 Å². The van der Waals surface area contributed by atoms with E-state index in [-0.39, 0.29) is 11.0 Å². The Kier molecular flexibility index (Phi) is 5.96. The Balaban J connectivity index is 2.15. The minimum absolute atomic E-state index is 0.122. The van der Waals surface area contributed by atoms with Crippen LogP contribution in [-0.2, 0) is 11.3 Å². The van der Waals surface area contributed by atoms with E-state index < -0.39 is 0 Å². The van der Waals surface area contributed by atoms with E-state index in [1.54, 1.807) is 13.4 Å². The third-order valence-corrected chi connectivity index (χ3v) is 4.97. The molecule has 0 saturated carbocycles. The monoisotopic (exact) mass is 333 g/mol. The Bertz CT molecular complexity index is 697. The SMILES string of the molecule is COCCn1cnnc1S[C@@H](C)C(=O)c1cc(C)c(C)cc1C. The molecule has 1 aromatic heterocycles. The van der Waals surface area contributed by atoms with E-state index in [1.165, 1.54) is 17.3 Å². The van der Waals surface area contributed by atoms with Gasteiger partial charge in [0.05, 0.1) is 11.9 Å². The van der Waals surface area contributed by atoms with Gasteiger partial charge in [0.1, 0.15) is 6.33 Å². The van der Waals surface area contributed by atoms with Gasteiger partial charge in [0, 0.05) is 19.2 Å². The van der Waals surface area contributed by atoms with Crippen LogP contribution < -0.4 is 0 Å². The third-order valence-electron chi connectivity index (χ3n) is 3.87. The second kappa shape index (κ2) is 7.75. The zero-order chi connectivity index (χ0) is 17.0. The van der Waals surface area contributed by atoms with Gasteiger partial charge in [-0.2, -0.15) is 0 Å². The fraction of sp³-hybridized carbons (Fsp3) is 0.471. The molecule has 0 saturated heterocycles. The molecule has 6 heteroatoms. The number of ether oxygens (including phenoxy) is 1. The minimum atomic E-state index is -0.221. The van der Waals surface area contributed by atoms with Crippen LogP contribution >= 0.6 is 11.8 Å². The number of aromatic nitrogens is 3. The van der Waals surface area contributed by atoms with Crippen LogP contribution in [0.1, 0.15) is 34.0 Å². The number of hydrogen-bond donors (Lipinski definition) is 0. The lowest BCUT2D eigenvalue weighted by atomic mass is 9.97. The lowest BCUT2D eigenvalue weighted by Gasteiger charge is -2.14. The van der Waals surface area contributed by atoms with Crippen molar-refractivity contribution in [1.82, 2.24) is 14.8 Å². The van der Waals surface area contributed by atoms with Crippen LogP contribution in [0.4, 0.5) is 0 Å². The summed E-state index contributed by atoms with van der Waals surface area (Å²) in [6.45, 7) is 9.26. The zero-order valence-corrected chi connectivity index (χ0v) is 15.1. The van der Waals surface area contributed by atoms with Gasteiger partial charge in [-0.1, -0.05) is 17.8 Å². The van der Waals surface area contributed by atoms with E-state index in [1.807, 2.05) is 31.4 Å². The molecule has 1 atom stereocenters. The molecule has 2 rings (SSSR count). The Hall–Kier alpha value is -1.66. The smallest absolute Gasteiger partial charge is 0.191 e. The normalized spacial score (nSPS) is 12.4. The largest absolute Gasteiger partial charge is 0.383 e. The van der Waals surface area contributed by atoms with Crippen molar-refractivity contribution >= 4 is 17.5 Å². The van der Waals surface area contributed by atoms with Crippen LogP contribution in [0.15, 0.2) is 23.6 Å². The summed E-state index contributed by atoms with van der Waals surface area (Å²) in [5, 5.41) is 8.56. The number of thioether (sulfide) groups is 1. The summed E-state index contributed by atoms with van der Waals surface area (Å²) in [7, 11) is 1.66. The van der Waals surface area contributed by atoms with Gasteiger partial charge in [0.2, 0.25) is 0 Å². The van der Waals surface area contributed by atoms with Crippen molar-refractivity contribution in [2.24, 2.45) is 0 Å². The fourth-order valence-electron chi connectivity index (χ4n) is 2.34. The van der Waals surface area contributed by atoms with Gasteiger partial charge in [-0.3, -0.25) is 4.79 Å². The first-order valence-electron chi connectivity index (χ1n) is 7.59. The Morgan fingerprint density at radius 2 is 1.96 bits per heavy atom. The van der Waals surface area contributed by atoms with E-state index in [2.05, 4.69) is 23.2 Å². The molecule has 0 N–H and O–H groups in total. The predicted octanol–water partition coefficient (Wildman–Crippen LogP) is 3.21. The van der Waals surface area contributed by atoms with Crippen LogP contribution in [0.3, 0.4) is 0 Å². The van der Waals surface area contributed by atoms with Crippen LogP contribution in [-0.4, -0.2) is 39.5 Å². The summed E-state index contributed by atoms with van der Waals surface area (Å²) in [4.78, 5) is 12.8. The van der Waals surface area contributed by atoms with Crippen molar-refractivity contribution in [2.75, 3.05) is 13.7 Å². The van der Waals surface area contributed by atoms with E-state index >= 15 is 0 Å². The van der Waals surface area contributed by atoms with Crippen molar-refractivity contribution < 1.29 is 9.53 Å². The van der Waals surface area contributed by atoms with Gasteiger partial charge < -0.3 is 9.30 Å². The molecule has 2 aromatic rings. The quantitative estimate of drug-likeness (QED) is 0.575. The van der Waals surface area contributed by atoms with Crippen molar-refractivity contribution in [3.8, 4) is 0 Å². The summed E-state index contributed by atoms with van der Waals surface area (Å²) >= 11 is 1.43. The number of rotatable bonds is 7. The number of carbonyl (C=O) groups is 1. The number of ketones is 1. The van der Waals surface area contributed by atoms with Crippen LogP contribution in [0.5, 0.6) is 0 Å². The second-order valence-corrected chi connectivity index (χ2v) is 6.98. The van der Waals surface area contributed by atoms with Crippen molar-refractivity contribution in [2.45, 2.75) is 44.6 Å². The number of benzene rings is 1. The Labute approximate surface area is 141 Å². The number of Topliss-reactive ketones (excluding diaryl/α,β-unsaturated/α-hetero) is 1.